The molecule has 8 nitrogen and oxygen atoms in total. The van der Waals surface area contributed by atoms with Crippen LogP contribution >= 0.6 is 24.8 Å². The second-order valence-corrected chi connectivity index (χ2v) is 9.66. The number of aliphatic hydroxyl groups excluding tert-OH is 1. The summed E-state index contributed by atoms with van der Waals surface area (Å²) >= 11 is 0. The van der Waals surface area contributed by atoms with Gasteiger partial charge in [-0.2, -0.15) is 13.2 Å². The molecule has 1 saturated heterocycles. The molecule has 1 fully saturated rings. The zero-order valence-electron chi connectivity index (χ0n) is 21.7. The molecular formula is C26H30Cl2F4N6O2. The van der Waals surface area contributed by atoms with Crippen molar-refractivity contribution in [2.24, 2.45) is 0 Å². The molecule has 1 aromatic carbocycles. The minimum Gasteiger partial charge on any atom is -0.489 e. The SMILES string of the molecule is CC(C)Oc1cc(F)cc2ccc(-c3nnc4ccc([C@@H](N5CC[C@H](NCCO)C5)C(F)(F)F)cn34)nc12.Cl.Cl. The normalized spacial score (nSPS) is 16.8. The molecule has 0 amide bonds. The van der Waals surface area contributed by atoms with Crippen molar-refractivity contribution in [3.63, 3.8) is 0 Å². The molecule has 4 aromatic rings. The van der Waals surface area contributed by atoms with Gasteiger partial charge in [0.2, 0.25) is 0 Å². The Kier molecular flexibility index (Phi) is 10.2. The lowest BCUT2D eigenvalue weighted by atomic mass is 10.1. The first-order valence-corrected chi connectivity index (χ1v) is 12.4. The Bertz CT molecular complexity index is 1450. The minimum atomic E-state index is -4.51. The van der Waals surface area contributed by atoms with E-state index in [1.165, 1.54) is 39.8 Å². The number of nitrogens with one attached hydrogen (secondary N) is 1. The van der Waals surface area contributed by atoms with Crippen molar-refractivity contribution in [1.29, 1.82) is 0 Å². The highest BCUT2D eigenvalue weighted by atomic mass is 35.5. The van der Waals surface area contributed by atoms with E-state index in [4.69, 9.17) is 9.84 Å². The molecule has 0 radical (unpaired) electrons. The van der Waals surface area contributed by atoms with Crippen molar-refractivity contribution in [2.45, 2.75) is 44.6 Å². The van der Waals surface area contributed by atoms with E-state index >= 15 is 0 Å². The quantitative estimate of drug-likeness (QED) is 0.274. The summed E-state index contributed by atoms with van der Waals surface area (Å²) < 4.78 is 64.4. The molecule has 1 aliphatic heterocycles. The fourth-order valence-corrected chi connectivity index (χ4v) is 4.94. The maximum absolute atomic E-state index is 14.3. The van der Waals surface area contributed by atoms with E-state index in [1.807, 2.05) is 13.8 Å². The van der Waals surface area contributed by atoms with Gasteiger partial charge >= 0.3 is 6.18 Å². The third kappa shape index (κ3) is 6.58. The second kappa shape index (κ2) is 12.8. The Labute approximate surface area is 240 Å². The van der Waals surface area contributed by atoms with Gasteiger partial charge in [-0.05, 0) is 44.0 Å². The van der Waals surface area contributed by atoms with E-state index in [9.17, 15) is 17.6 Å². The molecule has 2 atom stereocenters. The molecule has 0 spiro atoms. The van der Waals surface area contributed by atoms with E-state index in [2.05, 4.69) is 20.5 Å². The first-order valence-electron chi connectivity index (χ1n) is 12.4. The number of nitrogens with zero attached hydrogens (tertiary/aromatic N) is 5. The standard InChI is InChI=1S/C26H28F4N6O2.2ClH/c1-15(2)38-21-12-18(27)11-16-3-5-20(32-23(16)21)25-34-33-22-6-4-17(13-36(22)25)24(26(28,29)30)35-9-7-19(14-35)31-8-10-37;;/h3-6,11-13,15,19,24,31,37H,7-10,14H2,1-2H3;2*1H/t19-,24+;;/m0../s1. The van der Waals surface area contributed by atoms with E-state index < -0.39 is 18.0 Å². The molecule has 0 unspecified atom stereocenters. The molecule has 0 bridgehead atoms. The molecule has 3 aromatic heterocycles. The Morgan fingerprint density at radius 3 is 2.60 bits per heavy atom. The third-order valence-electron chi connectivity index (χ3n) is 6.49. The van der Waals surface area contributed by atoms with Gasteiger partial charge in [-0.3, -0.25) is 9.30 Å². The predicted molar refractivity (Wildman–Crippen MR) is 148 cm³/mol. The summed E-state index contributed by atoms with van der Waals surface area (Å²) in [6.45, 7) is 4.36. The first-order chi connectivity index (χ1) is 18.1. The van der Waals surface area contributed by atoms with Gasteiger partial charge in [0.25, 0.3) is 0 Å². The molecule has 14 heteroatoms. The zero-order valence-corrected chi connectivity index (χ0v) is 23.4. The summed E-state index contributed by atoms with van der Waals surface area (Å²) in [5, 5.41) is 21.0. The monoisotopic (exact) mass is 604 g/mol. The van der Waals surface area contributed by atoms with Crippen LogP contribution in [-0.4, -0.2) is 74.2 Å². The Hall–Kier alpha value is -2.77. The van der Waals surface area contributed by atoms with Crippen LogP contribution in [0.15, 0.2) is 42.6 Å². The largest absolute Gasteiger partial charge is 0.489 e. The molecule has 1 aliphatic rings. The van der Waals surface area contributed by atoms with E-state index in [0.717, 1.165) is 0 Å². The molecular weight excluding hydrogens is 575 g/mol. The molecule has 5 rings (SSSR count). The van der Waals surface area contributed by atoms with Crippen LogP contribution in [0.5, 0.6) is 5.75 Å². The van der Waals surface area contributed by atoms with Gasteiger partial charge in [-0.25, -0.2) is 9.37 Å². The van der Waals surface area contributed by atoms with Crippen molar-refractivity contribution in [3.05, 3.63) is 54.0 Å². The minimum absolute atomic E-state index is 0. The number of alkyl halides is 3. The maximum Gasteiger partial charge on any atom is 0.408 e. The van der Waals surface area contributed by atoms with Gasteiger partial charge < -0.3 is 15.2 Å². The van der Waals surface area contributed by atoms with Crippen LogP contribution in [0.25, 0.3) is 28.1 Å². The van der Waals surface area contributed by atoms with Gasteiger partial charge in [0.15, 0.2) is 11.5 Å². The van der Waals surface area contributed by atoms with E-state index in [-0.39, 0.29) is 73.8 Å². The Morgan fingerprint density at radius 2 is 1.90 bits per heavy atom. The Balaban J connectivity index is 0.00000220. The molecule has 4 heterocycles. The van der Waals surface area contributed by atoms with Gasteiger partial charge in [0.05, 0.1) is 12.7 Å². The van der Waals surface area contributed by atoms with E-state index in [0.29, 0.717) is 35.2 Å². The van der Waals surface area contributed by atoms with Crippen molar-refractivity contribution >= 4 is 41.4 Å². The molecule has 0 aliphatic carbocycles. The molecule has 2 N–H and O–H groups in total. The topological polar surface area (TPSA) is 87.8 Å². The number of pyridine rings is 2. The number of hydrogen-bond acceptors (Lipinski definition) is 7. The van der Waals surface area contributed by atoms with Crippen molar-refractivity contribution in [2.75, 3.05) is 26.2 Å². The molecule has 0 saturated carbocycles. The van der Waals surface area contributed by atoms with Crippen LogP contribution in [0.2, 0.25) is 0 Å². The summed E-state index contributed by atoms with van der Waals surface area (Å²) in [5.74, 6) is 0.0597. The van der Waals surface area contributed by atoms with E-state index in [1.54, 1.807) is 12.1 Å². The molecule has 218 valence electrons. The molecule has 40 heavy (non-hydrogen) atoms. The lowest BCUT2D eigenvalue weighted by molar-refractivity contribution is -0.184. The zero-order chi connectivity index (χ0) is 27.0. The lowest BCUT2D eigenvalue weighted by Crippen LogP contribution is -2.40. The number of halogens is 6. The number of aliphatic hydroxyl groups is 1. The fraction of sp³-hybridized carbons (Fsp3) is 0.423. The average molecular weight is 605 g/mol. The number of fused-ring (bicyclic) bond motifs is 2. The lowest BCUT2D eigenvalue weighted by Gasteiger charge is -2.30. The average Bonchev–Trinajstić information content (AvgIpc) is 3.48. The summed E-state index contributed by atoms with van der Waals surface area (Å²) in [4.78, 5) is 6.03. The third-order valence-corrected chi connectivity index (χ3v) is 6.49. The second-order valence-electron chi connectivity index (χ2n) is 9.66. The summed E-state index contributed by atoms with van der Waals surface area (Å²) in [6, 6.07) is 6.87. The van der Waals surface area contributed by atoms with Crippen molar-refractivity contribution in [3.8, 4) is 17.3 Å². The van der Waals surface area contributed by atoms with Crippen LogP contribution < -0.4 is 10.1 Å². The first kappa shape index (κ1) is 31.8. The number of ether oxygens (including phenoxy) is 1. The number of hydrogen-bond donors (Lipinski definition) is 2. The number of benzene rings is 1. The number of rotatable bonds is 8. The van der Waals surface area contributed by atoms with Gasteiger partial charge in [0, 0.05) is 43.3 Å². The fourth-order valence-electron chi connectivity index (χ4n) is 4.94. The van der Waals surface area contributed by atoms with Crippen LogP contribution in [0.3, 0.4) is 0 Å². The highest BCUT2D eigenvalue weighted by molar-refractivity contribution is 5.86. The predicted octanol–water partition coefficient (Wildman–Crippen LogP) is 4.97. The summed E-state index contributed by atoms with van der Waals surface area (Å²) in [6.07, 6.45) is -2.78. The van der Waals surface area contributed by atoms with Gasteiger partial charge in [-0.1, -0.05) is 12.1 Å². The van der Waals surface area contributed by atoms with Crippen LogP contribution in [-0.2, 0) is 0 Å². The van der Waals surface area contributed by atoms with Crippen molar-refractivity contribution in [1.82, 2.24) is 29.8 Å². The van der Waals surface area contributed by atoms with Gasteiger partial charge in [0.1, 0.15) is 28.8 Å². The Morgan fingerprint density at radius 1 is 1.12 bits per heavy atom. The van der Waals surface area contributed by atoms with Gasteiger partial charge in [-0.15, -0.1) is 35.0 Å². The van der Waals surface area contributed by atoms with Crippen LogP contribution in [0, 0.1) is 5.82 Å². The highest BCUT2D eigenvalue weighted by Crippen LogP contribution is 2.40. The highest BCUT2D eigenvalue weighted by Gasteiger charge is 2.46. The summed E-state index contributed by atoms with van der Waals surface area (Å²) in [7, 11) is 0. The summed E-state index contributed by atoms with van der Waals surface area (Å²) in [5.41, 5.74) is 1.20. The maximum atomic E-state index is 14.3. The number of aromatic nitrogens is 4. The van der Waals surface area contributed by atoms with Crippen LogP contribution in [0.4, 0.5) is 17.6 Å². The van der Waals surface area contributed by atoms with Crippen molar-refractivity contribution < 1.29 is 27.4 Å². The number of likely N-dealkylation sites (tertiary alicyclic amines) is 1. The smallest absolute Gasteiger partial charge is 0.408 e. The van der Waals surface area contributed by atoms with Crippen LogP contribution in [0.1, 0.15) is 31.9 Å².